The fourth-order valence-corrected chi connectivity index (χ4v) is 2.34. The lowest BCUT2D eigenvalue weighted by molar-refractivity contribution is 0.108. The molecule has 0 spiro atoms. The molecule has 0 saturated carbocycles. The second-order valence-corrected chi connectivity index (χ2v) is 5.36. The normalized spacial score (nSPS) is 11.8. The van der Waals surface area contributed by atoms with Crippen LogP contribution in [0.3, 0.4) is 0 Å². The Morgan fingerprint density at radius 3 is 2.50 bits per heavy atom. The fraction of sp³-hybridized carbons (Fsp3) is 0.111. The molecule has 0 aliphatic rings. The van der Waals surface area contributed by atoms with Crippen LogP contribution in [0, 0.1) is 0 Å². The van der Waals surface area contributed by atoms with Crippen LogP contribution in [-0.2, 0) is 0 Å². The quantitative estimate of drug-likeness (QED) is 0.732. The largest absolute Gasteiger partial charge is 0.490 e. The molecule has 0 amide bonds. The highest BCUT2D eigenvalue weighted by Gasteiger charge is 2.12. The third kappa shape index (κ3) is 4.22. The minimum absolute atomic E-state index is 0.0784. The summed E-state index contributed by atoms with van der Waals surface area (Å²) in [4.78, 5) is 8.00. The molecule has 0 bridgehead atoms. The first kappa shape index (κ1) is 16.2. The lowest BCUT2D eigenvalue weighted by Crippen LogP contribution is -2.10. The molecular formula is C18H15ClN2O3. The lowest BCUT2D eigenvalue weighted by Gasteiger charge is -2.14. The summed E-state index contributed by atoms with van der Waals surface area (Å²) in [6, 6.07) is 16.1. The standard InChI is InChI=1S/C18H15ClN2O3/c19-16-8-2-1-7-15(16)17(22)12-23-13-5-3-6-14(11-13)24-18-20-9-4-10-21-18/h1-11,17,22H,12H2. The first-order valence-electron chi connectivity index (χ1n) is 7.32. The van der Waals surface area contributed by atoms with Crippen LogP contribution in [0.15, 0.2) is 67.0 Å². The van der Waals surface area contributed by atoms with Gasteiger partial charge in [-0.2, -0.15) is 0 Å². The van der Waals surface area contributed by atoms with Crippen LogP contribution in [0.2, 0.25) is 5.02 Å². The Morgan fingerprint density at radius 1 is 0.958 bits per heavy atom. The SMILES string of the molecule is OC(COc1cccc(Oc2ncccn2)c1)c1ccccc1Cl. The predicted octanol–water partition coefficient (Wildman–Crippen LogP) is 4.03. The minimum Gasteiger partial charge on any atom is -0.490 e. The highest BCUT2D eigenvalue weighted by Crippen LogP contribution is 2.26. The molecule has 5 nitrogen and oxygen atoms in total. The van der Waals surface area contributed by atoms with Gasteiger partial charge in [0.05, 0.1) is 0 Å². The molecule has 3 aromatic rings. The first-order valence-corrected chi connectivity index (χ1v) is 7.70. The Bertz CT molecular complexity index is 799. The maximum absolute atomic E-state index is 10.2. The highest BCUT2D eigenvalue weighted by molar-refractivity contribution is 6.31. The van der Waals surface area contributed by atoms with E-state index in [1.807, 2.05) is 12.1 Å². The van der Waals surface area contributed by atoms with Crippen molar-refractivity contribution in [2.24, 2.45) is 0 Å². The Kier molecular flexibility index (Phi) is 5.25. The second-order valence-electron chi connectivity index (χ2n) is 4.96. The number of rotatable bonds is 6. The maximum atomic E-state index is 10.2. The van der Waals surface area contributed by atoms with E-state index >= 15 is 0 Å². The zero-order valence-corrected chi connectivity index (χ0v) is 13.4. The van der Waals surface area contributed by atoms with Crippen molar-refractivity contribution in [2.75, 3.05) is 6.61 Å². The molecule has 1 aromatic heterocycles. The van der Waals surface area contributed by atoms with Gasteiger partial charge in [-0.25, -0.2) is 9.97 Å². The summed E-state index contributed by atoms with van der Waals surface area (Å²) in [5.41, 5.74) is 0.629. The third-order valence-electron chi connectivity index (χ3n) is 3.23. The van der Waals surface area contributed by atoms with Gasteiger partial charge in [0.1, 0.15) is 24.2 Å². The van der Waals surface area contributed by atoms with E-state index in [4.69, 9.17) is 21.1 Å². The van der Waals surface area contributed by atoms with Gasteiger partial charge in [0, 0.05) is 29.0 Å². The van der Waals surface area contributed by atoms with Crippen molar-refractivity contribution in [3.05, 3.63) is 77.6 Å². The molecule has 1 N–H and O–H groups in total. The van der Waals surface area contributed by atoms with Crippen molar-refractivity contribution in [2.45, 2.75) is 6.10 Å². The maximum Gasteiger partial charge on any atom is 0.321 e. The molecule has 1 atom stereocenters. The van der Waals surface area contributed by atoms with E-state index in [9.17, 15) is 5.11 Å². The van der Waals surface area contributed by atoms with Gasteiger partial charge >= 0.3 is 6.01 Å². The van der Waals surface area contributed by atoms with E-state index in [0.29, 0.717) is 22.1 Å². The van der Waals surface area contributed by atoms with E-state index in [1.165, 1.54) is 0 Å². The zero-order chi connectivity index (χ0) is 16.8. The van der Waals surface area contributed by atoms with Gasteiger partial charge in [0.25, 0.3) is 0 Å². The molecule has 122 valence electrons. The Morgan fingerprint density at radius 2 is 1.71 bits per heavy atom. The molecule has 0 aliphatic carbocycles. The Hall–Kier alpha value is -2.63. The van der Waals surface area contributed by atoms with E-state index in [1.54, 1.807) is 54.9 Å². The van der Waals surface area contributed by atoms with Crippen molar-refractivity contribution in [3.63, 3.8) is 0 Å². The van der Waals surface area contributed by atoms with Gasteiger partial charge in [-0.3, -0.25) is 0 Å². The van der Waals surface area contributed by atoms with Crippen LogP contribution in [0.25, 0.3) is 0 Å². The van der Waals surface area contributed by atoms with Gasteiger partial charge in [0.2, 0.25) is 0 Å². The van der Waals surface area contributed by atoms with Crippen LogP contribution in [0.5, 0.6) is 17.5 Å². The molecule has 0 radical (unpaired) electrons. The van der Waals surface area contributed by atoms with Gasteiger partial charge in [-0.1, -0.05) is 35.9 Å². The molecule has 0 saturated heterocycles. The summed E-state index contributed by atoms with van der Waals surface area (Å²) in [5, 5.41) is 10.7. The summed E-state index contributed by atoms with van der Waals surface area (Å²) < 4.78 is 11.2. The zero-order valence-electron chi connectivity index (χ0n) is 12.7. The number of hydrogen-bond acceptors (Lipinski definition) is 5. The molecule has 0 fully saturated rings. The molecule has 2 aromatic carbocycles. The fourth-order valence-electron chi connectivity index (χ4n) is 2.08. The highest BCUT2D eigenvalue weighted by atomic mass is 35.5. The molecule has 24 heavy (non-hydrogen) atoms. The summed E-state index contributed by atoms with van der Waals surface area (Å²) in [6.07, 6.45) is 2.38. The van der Waals surface area contributed by atoms with Gasteiger partial charge in [-0.05, 0) is 24.3 Å². The van der Waals surface area contributed by atoms with Crippen LogP contribution >= 0.6 is 11.6 Å². The van der Waals surface area contributed by atoms with Crippen LogP contribution in [0.4, 0.5) is 0 Å². The number of ether oxygens (including phenoxy) is 2. The second kappa shape index (κ2) is 7.77. The van der Waals surface area contributed by atoms with Gasteiger partial charge in [-0.15, -0.1) is 0 Å². The Balaban J connectivity index is 1.63. The smallest absolute Gasteiger partial charge is 0.321 e. The molecule has 1 unspecified atom stereocenters. The van der Waals surface area contributed by atoms with E-state index < -0.39 is 6.10 Å². The van der Waals surface area contributed by atoms with Crippen LogP contribution in [-0.4, -0.2) is 21.7 Å². The minimum atomic E-state index is -0.819. The van der Waals surface area contributed by atoms with Gasteiger partial charge < -0.3 is 14.6 Å². The molecule has 3 rings (SSSR count). The number of aliphatic hydroxyl groups excluding tert-OH is 1. The van der Waals surface area contributed by atoms with E-state index in [2.05, 4.69) is 9.97 Å². The van der Waals surface area contributed by atoms with Crippen molar-refractivity contribution in [1.29, 1.82) is 0 Å². The lowest BCUT2D eigenvalue weighted by atomic mass is 10.1. The predicted molar refractivity (Wildman–Crippen MR) is 90.5 cm³/mol. The number of hydrogen-bond donors (Lipinski definition) is 1. The van der Waals surface area contributed by atoms with Crippen molar-refractivity contribution in [1.82, 2.24) is 9.97 Å². The van der Waals surface area contributed by atoms with Gasteiger partial charge in [0.15, 0.2) is 0 Å². The topological polar surface area (TPSA) is 64.5 Å². The van der Waals surface area contributed by atoms with Crippen molar-refractivity contribution >= 4 is 11.6 Å². The van der Waals surface area contributed by atoms with Crippen LogP contribution in [0.1, 0.15) is 11.7 Å². The summed E-state index contributed by atoms with van der Waals surface area (Å²) in [7, 11) is 0. The number of benzene rings is 2. The number of aromatic nitrogens is 2. The van der Waals surface area contributed by atoms with E-state index in [0.717, 1.165) is 0 Å². The number of aliphatic hydroxyl groups is 1. The monoisotopic (exact) mass is 342 g/mol. The molecule has 6 heteroatoms. The molecule has 1 heterocycles. The average molecular weight is 343 g/mol. The molecular weight excluding hydrogens is 328 g/mol. The first-order chi connectivity index (χ1) is 11.7. The number of halogens is 1. The third-order valence-corrected chi connectivity index (χ3v) is 3.57. The van der Waals surface area contributed by atoms with Crippen molar-refractivity contribution < 1.29 is 14.6 Å². The van der Waals surface area contributed by atoms with E-state index in [-0.39, 0.29) is 12.6 Å². The summed E-state index contributed by atoms with van der Waals surface area (Å²) >= 11 is 6.07. The number of nitrogens with zero attached hydrogens (tertiary/aromatic N) is 2. The van der Waals surface area contributed by atoms with Crippen molar-refractivity contribution in [3.8, 4) is 17.5 Å². The summed E-state index contributed by atoms with van der Waals surface area (Å²) in [6.45, 7) is 0.0784. The van der Waals surface area contributed by atoms with Crippen LogP contribution < -0.4 is 9.47 Å². The Labute approximate surface area is 144 Å². The molecule has 0 aliphatic heterocycles. The summed E-state index contributed by atoms with van der Waals surface area (Å²) in [5.74, 6) is 1.11. The average Bonchev–Trinajstić information content (AvgIpc) is 2.61.